The first-order chi connectivity index (χ1) is 16.9. The fraction of sp³-hybridized carbons (Fsp3) is 0.448. The summed E-state index contributed by atoms with van der Waals surface area (Å²) in [7, 11) is 0. The largest absolute Gasteiger partial charge is 0.463 e. The maximum atomic E-state index is 14.0. The standard InChI is InChI=1S/C29H35N3O3/c1-20-9-7-12-23(21(20)2)30-28(34)29(3)19-31-24(26-13-8-18-35-26)14-15-25(31)27(33)32(29)17-16-22-10-5-4-6-11-22/h4-6,8,10-11,13-15,18,20-21,23H,7,9,12,16-17,19H2,1-3H3,(H,30,34)/t20-,21+,23+,29-/m1/s1. The van der Waals surface area contributed by atoms with Crippen molar-refractivity contribution in [2.24, 2.45) is 11.8 Å². The van der Waals surface area contributed by atoms with Gasteiger partial charge in [0, 0.05) is 12.6 Å². The average molecular weight is 474 g/mol. The van der Waals surface area contributed by atoms with Gasteiger partial charge in [-0.25, -0.2) is 0 Å². The Labute approximate surface area is 207 Å². The number of hydrogen-bond acceptors (Lipinski definition) is 3. The van der Waals surface area contributed by atoms with Crippen molar-refractivity contribution in [3.63, 3.8) is 0 Å². The Morgan fingerprint density at radius 2 is 1.83 bits per heavy atom. The molecular weight excluding hydrogens is 438 g/mol. The minimum Gasteiger partial charge on any atom is -0.463 e. The lowest BCUT2D eigenvalue weighted by molar-refractivity contribution is -0.134. The predicted octanol–water partition coefficient (Wildman–Crippen LogP) is 5.15. The number of fused-ring (bicyclic) bond motifs is 1. The van der Waals surface area contributed by atoms with Crippen LogP contribution in [0.2, 0.25) is 0 Å². The van der Waals surface area contributed by atoms with Crippen molar-refractivity contribution in [3.8, 4) is 11.5 Å². The summed E-state index contributed by atoms with van der Waals surface area (Å²) in [5, 5.41) is 3.37. The Balaban J connectivity index is 1.48. The highest BCUT2D eigenvalue weighted by Gasteiger charge is 2.48. The molecule has 0 spiro atoms. The van der Waals surface area contributed by atoms with Gasteiger partial charge in [0.1, 0.15) is 17.0 Å². The summed E-state index contributed by atoms with van der Waals surface area (Å²) in [6.45, 7) is 7.27. The second-order valence-electron chi connectivity index (χ2n) is 10.5. The summed E-state index contributed by atoms with van der Waals surface area (Å²) < 4.78 is 7.59. The van der Waals surface area contributed by atoms with E-state index in [2.05, 4.69) is 31.3 Å². The number of hydrogen-bond donors (Lipinski definition) is 1. The number of carbonyl (C=O) groups excluding carboxylic acids is 2. The van der Waals surface area contributed by atoms with Crippen LogP contribution < -0.4 is 5.32 Å². The highest BCUT2D eigenvalue weighted by Crippen LogP contribution is 2.35. The molecule has 2 aromatic heterocycles. The highest BCUT2D eigenvalue weighted by molar-refractivity contribution is 6.00. The molecule has 1 saturated carbocycles. The van der Waals surface area contributed by atoms with Crippen LogP contribution in [0.5, 0.6) is 0 Å². The first-order valence-electron chi connectivity index (χ1n) is 12.8. The van der Waals surface area contributed by atoms with Crippen LogP contribution in [0.1, 0.15) is 56.1 Å². The lowest BCUT2D eigenvalue weighted by Gasteiger charge is -2.46. The summed E-state index contributed by atoms with van der Waals surface area (Å²) in [4.78, 5) is 29.6. The molecule has 3 heterocycles. The number of furan rings is 1. The van der Waals surface area contributed by atoms with Crippen molar-refractivity contribution in [2.45, 2.75) is 64.6 Å². The Bertz CT molecular complexity index is 1180. The second kappa shape index (κ2) is 9.40. The van der Waals surface area contributed by atoms with E-state index in [0.717, 1.165) is 24.1 Å². The molecule has 35 heavy (non-hydrogen) atoms. The predicted molar refractivity (Wildman–Crippen MR) is 136 cm³/mol. The number of amides is 2. The zero-order chi connectivity index (χ0) is 24.6. The summed E-state index contributed by atoms with van der Waals surface area (Å²) in [6.07, 6.45) is 5.62. The molecule has 6 nitrogen and oxygen atoms in total. The molecule has 184 valence electrons. The van der Waals surface area contributed by atoms with Crippen molar-refractivity contribution in [3.05, 3.63) is 72.1 Å². The zero-order valence-electron chi connectivity index (χ0n) is 20.9. The highest BCUT2D eigenvalue weighted by atomic mass is 16.3. The summed E-state index contributed by atoms with van der Waals surface area (Å²) in [6, 6.07) is 17.7. The van der Waals surface area contributed by atoms with Crippen molar-refractivity contribution in [2.75, 3.05) is 6.54 Å². The Hall–Kier alpha value is -3.28. The third kappa shape index (κ3) is 4.30. The lowest BCUT2D eigenvalue weighted by atomic mass is 9.77. The zero-order valence-corrected chi connectivity index (χ0v) is 20.9. The van der Waals surface area contributed by atoms with Gasteiger partial charge in [-0.05, 0) is 61.4 Å². The van der Waals surface area contributed by atoms with Gasteiger partial charge < -0.3 is 19.2 Å². The molecule has 1 fully saturated rings. The van der Waals surface area contributed by atoms with Gasteiger partial charge in [0.25, 0.3) is 5.91 Å². The van der Waals surface area contributed by atoms with Gasteiger partial charge in [-0.2, -0.15) is 0 Å². The van der Waals surface area contributed by atoms with Gasteiger partial charge in [0.15, 0.2) is 0 Å². The molecule has 1 N–H and O–H groups in total. The number of aromatic nitrogens is 1. The Morgan fingerprint density at radius 1 is 1.06 bits per heavy atom. The normalized spacial score (nSPS) is 26.4. The van der Waals surface area contributed by atoms with E-state index >= 15 is 0 Å². The van der Waals surface area contributed by atoms with Gasteiger partial charge in [-0.1, -0.05) is 57.0 Å². The number of carbonyl (C=O) groups is 2. The van der Waals surface area contributed by atoms with Crippen molar-refractivity contribution < 1.29 is 14.0 Å². The molecule has 0 radical (unpaired) electrons. The molecule has 2 aliphatic rings. The molecule has 0 saturated heterocycles. The minimum atomic E-state index is -1.01. The van der Waals surface area contributed by atoms with Crippen molar-refractivity contribution in [1.29, 1.82) is 0 Å². The fourth-order valence-corrected chi connectivity index (χ4v) is 5.76. The number of nitrogens with one attached hydrogen (secondary N) is 1. The maximum absolute atomic E-state index is 14.0. The molecule has 0 unspecified atom stereocenters. The van der Waals surface area contributed by atoms with Crippen LogP contribution in [-0.2, 0) is 17.8 Å². The minimum absolute atomic E-state index is 0.0744. The summed E-state index contributed by atoms with van der Waals surface area (Å²) in [5.41, 5.74) is 1.55. The van der Waals surface area contributed by atoms with Gasteiger partial charge in [-0.15, -0.1) is 0 Å². The molecule has 2 amide bonds. The van der Waals surface area contributed by atoms with Crippen LogP contribution in [0, 0.1) is 11.8 Å². The molecule has 1 aliphatic heterocycles. The third-order valence-electron chi connectivity index (χ3n) is 8.26. The van der Waals surface area contributed by atoms with Crippen LogP contribution in [0.4, 0.5) is 0 Å². The molecule has 3 aromatic rings. The smallest absolute Gasteiger partial charge is 0.271 e. The van der Waals surface area contributed by atoms with E-state index in [-0.39, 0.29) is 17.9 Å². The van der Waals surface area contributed by atoms with Crippen LogP contribution >= 0.6 is 0 Å². The molecule has 5 rings (SSSR count). The van der Waals surface area contributed by atoms with Gasteiger partial charge in [0.2, 0.25) is 5.91 Å². The number of benzene rings is 1. The number of rotatable bonds is 6. The van der Waals surface area contributed by atoms with Gasteiger partial charge in [-0.3, -0.25) is 9.59 Å². The third-order valence-corrected chi connectivity index (χ3v) is 8.26. The van der Waals surface area contributed by atoms with E-state index in [4.69, 9.17) is 4.42 Å². The van der Waals surface area contributed by atoms with E-state index in [0.29, 0.717) is 42.8 Å². The first-order valence-corrected chi connectivity index (χ1v) is 12.8. The van der Waals surface area contributed by atoms with Crippen LogP contribution in [0.3, 0.4) is 0 Å². The molecule has 4 atom stereocenters. The average Bonchev–Trinajstić information content (AvgIpc) is 3.52. The van der Waals surface area contributed by atoms with Crippen LogP contribution in [-0.4, -0.2) is 39.4 Å². The van der Waals surface area contributed by atoms with Gasteiger partial charge in [0.05, 0.1) is 18.5 Å². The quantitative estimate of drug-likeness (QED) is 0.539. The maximum Gasteiger partial charge on any atom is 0.271 e. The Morgan fingerprint density at radius 3 is 2.57 bits per heavy atom. The lowest BCUT2D eigenvalue weighted by Crippen LogP contribution is -2.65. The van der Waals surface area contributed by atoms with Crippen molar-refractivity contribution >= 4 is 11.8 Å². The van der Waals surface area contributed by atoms with E-state index in [1.54, 1.807) is 11.2 Å². The van der Waals surface area contributed by atoms with E-state index < -0.39 is 5.54 Å². The monoisotopic (exact) mass is 473 g/mol. The fourth-order valence-electron chi connectivity index (χ4n) is 5.76. The molecule has 0 bridgehead atoms. The van der Waals surface area contributed by atoms with Crippen LogP contribution in [0.25, 0.3) is 11.5 Å². The molecule has 1 aliphatic carbocycles. The first kappa shape index (κ1) is 23.5. The SMILES string of the molecule is C[C@H]1[C@H](C)CCC[C@@H]1NC(=O)[C@@]1(C)Cn2c(ccc2-c2ccco2)C(=O)N1CCc1ccccc1. The summed E-state index contributed by atoms with van der Waals surface area (Å²) in [5.74, 6) is 1.49. The van der Waals surface area contributed by atoms with Crippen LogP contribution in [0.15, 0.2) is 65.3 Å². The molecular formula is C29H35N3O3. The summed E-state index contributed by atoms with van der Waals surface area (Å²) >= 11 is 0. The molecule has 1 aromatic carbocycles. The Kier molecular flexibility index (Phi) is 6.30. The van der Waals surface area contributed by atoms with E-state index in [1.165, 1.54) is 6.42 Å². The number of nitrogens with zero attached hydrogens (tertiary/aromatic N) is 2. The second-order valence-corrected chi connectivity index (χ2v) is 10.5. The van der Waals surface area contributed by atoms with E-state index in [9.17, 15) is 9.59 Å². The van der Waals surface area contributed by atoms with Gasteiger partial charge >= 0.3 is 0 Å². The topological polar surface area (TPSA) is 67.5 Å². The van der Waals surface area contributed by atoms with Crippen molar-refractivity contribution in [1.82, 2.24) is 14.8 Å². The van der Waals surface area contributed by atoms with E-state index in [1.807, 2.05) is 54.0 Å². The molecule has 6 heteroatoms.